The third-order valence-electron chi connectivity index (χ3n) is 1.05. The van der Waals surface area contributed by atoms with Gasteiger partial charge in [0.05, 0.1) is 0 Å². The fourth-order valence-electron chi connectivity index (χ4n) is 0.664. The fourth-order valence-corrected chi connectivity index (χ4v) is 1.18. The van der Waals surface area contributed by atoms with Gasteiger partial charge in [0.25, 0.3) is 0 Å². The van der Waals surface area contributed by atoms with Gasteiger partial charge in [-0.1, -0.05) is 0 Å². The Hall–Kier alpha value is 0.194. The fraction of sp³-hybridized carbons (Fsp3) is 0.333. The Kier molecular flexibility index (Phi) is 1.51. The van der Waals surface area contributed by atoms with Crippen LogP contribution in [0.3, 0.4) is 0 Å². The molecule has 0 amide bonds. The van der Waals surface area contributed by atoms with Crippen molar-refractivity contribution in [1.29, 1.82) is 0 Å². The van der Waals surface area contributed by atoms with Crippen LogP contribution in [0, 0.1) is 0 Å². The van der Waals surface area contributed by atoms with Crippen molar-refractivity contribution in [3.8, 4) is 0 Å². The molecular weight excluding hydrogens is 120 g/mol. The molecule has 7 heavy (non-hydrogen) atoms. The number of rotatable bonds is 0. The van der Waals surface area contributed by atoms with E-state index in [9.17, 15) is 0 Å². The maximum atomic E-state index is 2.25. The van der Waals surface area contributed by atoms with Gasteiger partial charge >= 0.3 is 55.4 Å². The molecule has 0 aromatic rings. The summed E-state index contributed by atoms with van der Waals surface area (Å²) in [5, 5.41) is 0. The topological polar surface area (TPSA) is 0 Å². The van der Waals surface area contributed by atoms with E-state index in [0.717, 1.165) is 0 Å². The second kappa shape index (κ2) is 1.98. The number of hydrogen-bond acceptors (Lipinski definition) is 0. The first-order chi connectivity index (χ1) is 3.29. The van der Waals surface area contributed by atoms with E-state index in [1.807, 2.05) is 0 Å². The van der Waals surface area contributed by atoms with Gasteiger partial charge in [-0.2, -0.15) is 0 Å². The molecule has 0 unspecified atom stereocenters. The second-order valence-corrected chi connectivity index (χ2v) is 2.82. The third kappa shape index (κ3) is 1.29. The zero-order chi connectivity index (χ0) is 5.28. The molecule has 0 aliphatic heterocycles. The first-order valence-electron chi connectivity index (χ1n) is 2.38. The van der Waals surface area contributed by atoms with E-state index in [1.165, 1.54) is 15.9 Å². The summed E-state index contributed by atoms with van der Waals surface area (Å²) in [7, 11) is 0. The SMILES string of the molecule is CC1=CC[C]([Ti])=C1. The van der Waals surface area contributed by atoms with Gasteiger partial charge in [-0.3, -0.25) is 0 Å². The van der Waals surface area contributed by atoms with Crippen molar-refractivity contribution in [2.24, 2.45) is 0 Å². The van der Waals surface area contributed by atoms with E-state index in [1.54, 1.807) is 0 Å². The molecule has 0 spiro atoms. The minimum atomic E-state index is 1.17. The summed E-state index contributed by atoms with van der Waals surface area (Å²) < 4.78 is 1.48. The molecule has 0 heterocycles. The van der Waals surface area contributed by atoms with Gasteiger partial charge in [-0.05, 0) is 0 Å². The minimum absolute atomic E-state index is 1.17. The van der Waals surface area contributed by atoms with Gasteiger partial charge in [-0.15, -0.1) is 0 Å². The predicted octanol–water partition coefficient (Wildman–Crippen LogP) is 1.77. The predicted molar refractivity (Wildman–Crippen MR) is 26.5 cm³/mol. The average Bonchev–Trinajstić information content (AvgIpc) is 1.87. The standard InChI is InChI=1S/C6H7.Ti/c1-6-4-2-3-5-6;/h4-5H,2H2,1H3;. The van der Waals surface area contributed by atoms with Crippen molar-refractivity contribution < 1.29 is 20.4 Å². The molecule has 0 saturated heterocycles. The molecular formula is C6H7Ti. The van der Waals surface area contributed by atoms with Crippen LogP contribution in [0.15, 0.2) is 21.6 Å². The Morgan fingerprint density at radius 3 is 2.57 bits per heavy atom. The number of hydrogen-bond donors (Lipinski definition) is 0. The molecule has 1 aliphatic carbocycles. The van der Waals surface area contributed by atoms with Gasteiger partial charge in [-0.25, -0.2) is 0 Å². The van der Waals surface area contributed by atoms with Crippen LogP contribution < -0.4 is 0 Å². The Morgan fingerprint density at radius 2 is 2.43 bits per heavy atom. The van der Waals surface area contributed by atoms with Crippen molar-refractivity contribution in [1.82, 2.24) is 0 Å². The van der Waals surface area contributed by atoms with Crippen molar-refractivity contribution >= 4 is 0 Å². The van der Waals surface area contributed by atoms with Gasteiger partial charge in [0.15, 0.2) is 0 Å². The zero-order valence-electron chi connectivity index (χ0n) is 4.36. The molecule has 0 N–H and O–H groups in total. The maximum absolute atomic E-state index is 2.25. The third-order valence-corrected chi connectivity index (χ3v) is 1.59. The summed E-state index contributed by atoms with van der Waals surface area (Å²) >= 11 is 2.16. The van der Waals surface area contributed by atoms with E-state index in [4.69, 9.17) is 0 Å². The summed E-state index contributed by atoms with van der Waals surface area (Å²) in [5.41, 5.74) is 1.41. The van der Waals surface area contributed by atoms with Crippen LogP contribution in [0.5, 0.6) is 0 Å². The van der Waals surface area contributed by atoms with Crippen molar-refractivity contribution in [3.05, 3.63) is 21.6 Å². The van der Waals surface area contributed by atoms with Crippen molar-refractivity contribution in [2.45, 2.75) is 13.3 Å². The van der Waals surface area contributed by atoms with Crippen LogP contribution in [0.1, 0.15) is 13.3 Å². The van der Waals surface area contributed by atoms with E-state index < -0.39 is 0 Å². The Balaban J connectivity index is 2.69. The Bertz CT molecular complexity index is 131. The van der Waals surface area contributed by atoms with Crippen molar-refractivity contribution in [3.63, 3.8) is 0 Å². The molecule has 0 radical (unpaired) electrons. The summed E-state index contributed by atoms with van der Waals surface area (Å²) in [5.74, 6) is 0. The molecule has 1 aliphatic rings. The van der Waals surface area contributed by atoms with Gasteiger partial charge in [0.2, 0.25) is 0 Å². The van der Waals surface area contributed by atoms with Crippen LogP contribution in [-0.2, 0) is 20.4 Å². The van der Waals surface area contributed by atoms with Gasteiger partial charge < -0.3 is 0 Å². The first kappa shape index (κ1) is 5.33. The summed E-state index contributed by atoms with van der Waals surface area (Å²) in [6, 6.07) is 0. The molecule has 0 fully saturated rings. The molecule has 0 bridgehead atoms. The second-order valence-electron chi connectivity index (χ2n) is 1.82. The Labute approximate surface area is 55.7 Å². The average molecular weight is 127 g/mol. The molecule has 35 valence electrons. The molecule has 0 aromatic heterocycles. The number of allylic oxidation sites excluding steroid dienone is 4. The van der Waals surface area contributed by atoms with Crippen LogP contribution in [0.25, 0.3) is 0 Å². The van der Waals surface area contributed by atoms with Crippen LogP contribution in [-0.4, -0.2) is 0 Å². The van der Waals surface area contributed by atoms with Gasteiger partial charge in [0.1, 0.15) is 0 Å². The quantitative estimate of drug-likeness (QED) is 0.435. The molecule has 0 nitrogen and oxygen atoms in total. The normalized spacial score (nSPS) is 18.9. The molecule has 0 atom stereocenters. The van der Waals surface area contributed by atoms with E-state index in [2.05, 4.69) is 39.5 Å². The van der Waals surface area contributed by atoms with Crippen molar-refractivity contribution in [2.75, 3.05) is 0 Å². The monoisotopic (exact) mass is 127 g/mol. The summed E-state index contributed by atoms with van der Waals surface area (Å²) in [4.78, 5) is 0. The Morgan fingerprint density at radius 1 is 1.71 bits per heavy atom. The molecule has 0 saturated carbocycles. The van der Waals surface area contributed by atoms with E-state index in [0.29, 0.717) is 0 Å². The molecule has 1 rings (SSSR count). The zero-order valence-corrected chi connectivity index (χ0v) is 5.92. The summed E-state index contributed by atoms with van der Waals surface area (Å²) in [6.07, 6.45) is 5.64. The van der Waals surface area contributed by atoms with Crippen LogP contribution >= 0.6 is 0 Å². The molecule has 1 heteroatoms. The first-order valence-corrected chi connectivity index (χ1v) is 3.16. The van der Waals surface area contributed by atoms with Crippen LogP contribution in [0.2, 0.25) is 0 Å². The molecule has 0 aromatic carbocycles. The van der Waals surface area contributed by atoms with E-state index >= 15 is 0 Å². The van der Waals surface area contributed by atoms with E-state index in [-0.39, 0.29) is 0 Å². The van der Waals surface area contributed by atoms with Crippen LogP contribution in [0.4, 0.5) is 0 Å². The summed E-state index contributed by atoms with van der Waals surface area (Å²) in [6.45, 7) is 2.14. The van der Waals surface area contributed by atoms with Gasteiger partial charge in [0, 0.05) is 0 Å².